The van der Waals surface area contributed by atoms with Gasteiger partial charge in [-0.2, -0.15) is 5.10 Å². The third-order valence-corrected chi connectivity index (χ3v) is 4.35. The number of nitrogens with two attached hydrogens (primary N) is 1. The quantitative estimate of drug-likeness (QED) is 0.817. The number of aryl methyl sites for hydroxylation is 1. The summed E-state index contributed by atoms with van der Waals surface area (Å²) in [6, 6.07) is 10.8. The van der Waals surface area contributed by atoms with Crippen LogP contribution in [0.1, 0.15) is 16.2 Å². The molecule has 1 aromatic heterocycles. The van der Waals surface area contributed by atoms with Gasteiger partial charge in [0.05, 0.1) is 12.2 Å². The van der Waals surface area contributed by atoms with Crippen LogP contribution in [-0.4, -0.2) is 64.1 Å². The molecule has 2 aromatic rings. The first kappa shape index (κ1) is 17.8. The molecule has 8 heteroatoms. The van der Waals surface area contributed by atoms with Gasteiger partial charge < -0.3 is 10.6 Å². The Morgan fingerprint density at radius 1 is 1.12 bits per heavy atom. The van der Waals surface area contributed by atoms with Crippen molar-refractivity contribution in [2.75, 3.05) is 32.7 Å². The Morgan fingerprint density at radius 3 is 2.38 bits per heavy atom. The van der Waals surface area contributed by atoms with E-state index in [-0.39, 0.29) is 17.7 Å². The minimum absolute atomic E-state index is 0.0946. The summed E-state index contributed by atoms with van der Waals surface area (Å²) in [5.74, 6) is -0.783. The fourth-order valence-corrected chi connectivity index (χ4v) is 3.01. The highest BCUT2D eigenvalue weighted by molar-refractivity contribution is 5.92. The number of carbonyl (C=O) groups excluding carboxylic acids is 2. The molecule has 0 spiro atoms. The number of carbonyl (C=O) groups is 2. The molecule has 0 atom stereocenters. The maximum absolute atomic E-state index is 12.8. The lowest BCUT2D eigenvalue weighted by Crippen LogP contribution is -2.51. The lowest BCUT2D eigenvalue weighted by Gasteiger charge is -2.33. The van der Waals surface area contributed by atoms with Crippen LogP contribution in [-0.2, 0) is 4.79 Å². The molecule has 8 nitrogen and oxygen atoms in total. The van der Waals surface area contributed by atoms with Gasteiger partial charge >= 0.3 is 0 Å². The molecule has 136 valence electrons. The molecule has 2 heterocycles. The number of hydrogen-bond donors (Lipinski definition) is 1. The number of benzene rings is 1. The number of primary amides is 1. The molecule has 26 heavy (non-hydrogen) atoms. The number of piperazine rings is 1. The highest BCUT2D eigenvalue weighted by atomic mass is 16.2. The smallest absolute Gasteiger partial charge is 0.278 e. The highest BCUT2D eigenvalue weighted by Gasteiger charge is 2.26. The van der Waals surface area contributed by atoms with Crippen molar-refractivity contribution in [1.29, 1.82) is 0 Å². The predicted octanol–water partition coefficient (Wildman–Crippen LogP) is -0.216. The second-order valence-corrected chi connectivity index (χ2v) is 6.28. The third kappa shape index (κ3) is 3.80. The van der Waals surface area contributed by atoms with Gasteiger partial charge in [0, 0.05) is 37.9 Å². The van der Waals surface area contributed by atoms with Crippen molar-refractivity contribution in [3.8, 4) is 5.69 Å². The van der Waals surface area contributed by atoms with E-state index >= 15 is 0 Å². The zero-order chi connectivity index (χ0) is 18.7. The summed E-state index contributed by atoms with van der Waals surface area (Å²) in [4.78, 5) is 39.6. The maximum atomic E-state index is 12.8. The molecule has 0 aliphatic carbocycles. The Labute approximate surface area is 150 Å². The molecule has 3 rings (SSSR count). The highest BCUT2D eigenvalue weighted by Crippen LogP contribution is 2.10. The van der Waals surface area contributed by atoms with Gasteiger partial charge in [0.25, 0.3) is 5.91 Å². The largest absolute Gasteiger partial charge is 0.369 e. The molecule has 2 N–H and O–H groups in total. The van der Waals surface area contributed by atoms with E-state index in [0.717, 1.165) is 5.69 Å². The summed E-state index contributed by atoms with van der Waals surface area (Å²) >= 11 is 0. The summed E-state index contributed by atoms with van der Waals surface area (Å²) in [7, 11) is 0. The molecule has 1 aliphatic rings. The Hall–Kier alpha value is -3.00. The molecule has 1 fully saturated rings. The van der Waals surface area contributed by atoms with Crippen LogP contribution >= 0.6 is 0 Å². The minimum atomic E-state index is -0.393. The average molecular weight is 355 g/mol. The fourth-order valence-electron chi connectivity index (χ4n) is 3.01. The van der Waals surface area contributed by atoms with E-state index in [0.29, 0.717) is 31.9 Å². The van der Waals surface area contributed by atoms with Gasteiger partial charge in [-0.1, -0.05) is 18.2 Å². The number of aromatic nitrogens is 2. The van der Waals surface area contributed by atoms with Crippen molar-refractivity contribution >= 4 is 11.8 Å². The van der Waals surface area contributed by atoms with Crippen LogP contribution in [0.15, 0.2) is 41.2 Å². The molecule has 1 aliphatic heterocycles. The lowest BCUT2D eigenvalue weighted by atomic mass is 10.2. The van der Waals surface area contributed by atoms with Crippen LogP contribution < -0.4 is 11.2 Å². The normalized spacial score (nSPS) is 15.0. The van der Waals surface area contributed by atoms with Gasteiger partial charge in [0.2, 0.25) is 11.3 Å². The van der Waals surface area contributed by atoms with Crippen molar-refractivity contribution < 1.29 is 9.59 Å². The number of nitrogens with zero attached hydrogens (tertiary/aromatic N) is 4. The molecule has 0 bridgehead atoms. The third-order valence-electron chi connectivity index (χ3n) is 4.35. The van der Waals surface area contributed by atoms with Crippen molar-refractivity contribution in [2.24, 2.45) is 5.73 Å². The van der Waals surface area contributed by atoms with E-state index in [1.807, 2.05) is 35.2 Å². The Morgan fingerprint density at radius 2 is 1.77 bits per heavy atom. The van der Waals surface area contributed by atoms with Crippen LogP contribution in [0.3, 0.4) is 0 Å². The zero-order valence-electron chi connectivity index (χ0n) is 14.6. The van der Waals surface area contributed by atoms with Crippen LogP contribution in [0.5, 0.6) is 0 Å². The Bertz CT molecular complexity index is 870. The molecule has 1 saturated heterocycles. The van der Waals surface area contributed by atoms with Gasteiger partial charge in [-0.15, -0.1) is 0 Å². The molecule has 0 saturated carbocycles. The number of para-hydroxylation sites is 1. The summed E-state index contributed by atoms with van der Waals surface area (Å²) in [5.41, 5.74) is 6.15. The van der Waals surface area contributed by atoms with E-state index < -0.39 is 11.8 Å². The van der Waals surface area contributed by atoms with E-state index in [2.05, 4.69) is 5.10 Å². The van der Waals surface area contributed by atoms with Crippen LogP contribution in [0.2, 0.25) is 0 Å². The maximum Gasteiger partial charge on any atom is 0.278 e. The minimum Gasteiger partial charge on any atom is -0.369 e. The first-order valence-corrected chi connectivity index (χ1v) is 8.42. The Balaban J connectivity index is 1.82. The predicted molar refractivity (Wildman–Crippen MR) is 96.1 cm³/mol. The molecular formula is C18H21N5O3. The number of rotatable bonds is 4. The van der Waals surface area contributed by atoms with Gasteiger partial charge in [-0.05, 0) is 19.1 Å². The second kappa shape index (κ2) is 7.49. The summed E-state index contributed by atoms with van der Waals surface area (Å²) in [5, 5.41) is 4.31. The van der Waals surface area contributed by atoms with Crippen molar-refractivity contribution in [2.45, 2.75) is 6.92 Å². The van der Waals surface area contributed by atoms with Crippen LogP contribution in [0.25, 0.3) is 5.69 Å². The van der Waals surface area contributed by atoms with Gasteiger partial charge in [-0.3, -0.25) is 19.3 Å². The zero-order valence-corrected chi connectivity index (χ0v) is 14.6. The monoisotopic (exact) mass is 355 g/mol. The van der Waals surface area contributed by atoms with Gasteiger partial charge in [0.1, 0.15) is 0 Å². The number of hydrogen-bond acceptors (Lipinski definition) is 5. The van der Waals surface area contributed by atoms with E-state index in [1.165, 1.54) is 6.07 Å². The molecule has 1 aromatic carbocycles. The summed E-state index contributed by atoms with van der Waals surface area (Å²) < 4.78 is 1.60. The molecule has 2 amide bonds. The van der Waals surface area contributed by atoms with Crippen LogP contribution in [0.4, 0.5) is 0 Å². The van der Waals surface area contributed by atoms with E-state index in [1.54, 1.807) is 16.5 Å². The number of amides is 2. The lowest BCUT2D eigenvalue weighted by molar-refractivity contribution is -0.119. The first-order chi connectivity index (χ1) is 12.5. The molecular weight excluding hydrogens is 334 g/mol. The van der Waals surface area contributed by atoms with E-state index in [9.17, 15) is 14.4 Å². The summed E-state index contributed by atoms with van der Waals surface area (Å²) in [6.45, 7) is 3.86. The van der Waals surface area contributed by atoms with Crippen LogP contribution in [0, 0.1) is 6.92 Å². The second-order valence-electron chi connectivity index (χ2n) is 6.28. The van der Waals surface area contributed by atoms with Gasteiger partial charge in [0.15, 0.2) is 5.69 Å². The summed E-state index contributed by atoms with van der Waals surface area (Å²) in [6.07, 6.45) is 0. The SMILES string of the molecule is Cc1cc(=O)c(C(=O)N2CCN(CC(N)=O)CC2)nn1-c1ccccc1. The first-order valence-electron chi connectivity index (χ1n) is 8.42. The van der Waals surface area contributed by atoms with Gasteiger partial charge in [-0.25, -0.2) is 4.68 Å². The molecule has 0 radical (unpaired) electrons. The Kier molecular flexibility index (Phi) is 5.13. The average Bonchev–Trinajstić information content (AvgIpc) is 2.62. The molecule has 0 unspecified atom stereocenters. The van der Waals surface area contributed by atoms with Crippen molar-refractivity contribution in [1.82, 2.24) is 19.6 Å². The van der Waals surface area contributed by atoms with Crippen molar-refractivity contribution in [3.63, 3.8) is 0 Å². The standard InChI is InChI=1S/C18H21N5O3/c1-13-11-15(24)17(20-23(13)14-5-3-2-4-6-14)18(26)22-9-7-21(8-10-22)12-16(19)25/h2-6,11H,7-10,12H2,1H3,(H2,19,25). The fraction of sp³-hybridized carbons (Fsp3) is 0.333. The van der Waals surface area contributed by atoms with E-state index in [4.69, 9.17) is 5.73 Å². The van der Waals surface area contributed by atoms with Crippen molar-refractivity contribution in [3.05, 3.63) is 58.0 Å². The topological polar surface area (TPSA) is 102 Å².